The maximum atomic E-state index is 9.13. The van der Waals surface area contributed by atoms with Gasteiger partial charge >= 0.3 is 0 Å². The molecule has 0 aliphatic carbocycles. The summed E-state index contributed by atoms with van der Waals surface area (Å²) in [4.78, 5) is 0. The minimum Gasteiger partial charge on any atom is -0.504 e. The fourth-order valence-corrected chi connectivity index (χ4v) is 0.906. The Kier molecular flexibility index (Phi) is 2.52. The van der Waals surface area contributed by atoms with E-state index < -0.39 is 0 Å². The summed E-state index contributed by atoms with van der Waals surface area (Å²) in [5.74, 6) is 4.95. The molecule has 0 saturated heterocycles. The van der Waals surface area contributed by atoms with E-state index in [-0.39, 0.29) is 17.5 Å². The van der Waals surface area contributed by atoms with Crippen molar-refractivity contribution in [3.8, 4) is 11.5 Å². The number of hydrogen-bond acceptors (Lipinski definition) is 4. The topological polar surface area (TPSA) is 78.5 Å². The Balaban J connectivity index is 2.96. The quantitative estimate of drug-likeness (QED) is 0.296. The molecule has 0 spiro atoms. The molecule has 0 saturated carbocycles. The molecule has 1 rings (SSSR count). The van der Waals surface area contributed by atoms with Gasteiger partial charge in [-0.3, -0.25) is 11.3 Å². The van der Waals surface area contributed by atoms with Gasteiger partial charge in [0, 0.05) is 6.04 Å². The third-order valence-corrected chi connectivity index (χ3v) is 1.75. The zero-order valence-corrected chi connectivity index (χ0v) is 6.78. The predicted molar refractivity (Wildman–Crippen MR) is 45.5 cm³/mol. The van der Waals surface area contributed by atoms with Crippen LogP contribution in [0.2, 0.25) is 0 Å². The second-order valence-corrected chi connectivity index (χ2v) is 2.64. The van der Waals surface area contributed by atoms with Crippen molar-refractivity contribution in [1.82, 2.24) is 5.43 Å². The summed E-state index contributed by atoms with van der Waals surface area (Å²) in [6.07, 6.45) is 0. The highest BCUT2D eigenvalue weighted by Gasteiger charge is 2.05. The molecule has 0 aliphatic heterocycles. The van der Waals surface area contributed by atoms with Crippen molar-refractivity contribution in [3.63, 3.8) is 0 Å². The average molecular weight is 168 g/mol. The van der Waals surface area contributed by atoms with E-state index in [1.165, 1.54) is 12.1 Å². The zero-order valence-electron chi connectivity index (χ0n) is 6.78. The maximum absolute atomic E-state index is 9.13. The lowest BCUT2D eigenvalue weighted by Gasteiger charge is -2.10. The van der Waals surface area contributed by atoms with Crippen molar-refractivity contribution in [2.75, 3.05) is 0 Å². The van der Waals surface area contributed by atoms with Gasteiger partial charge < -0.3 is 10.2 Å². The molecule has 12 heavy (non-hydrogen) atoms. The molecule has 0 fully saturated rings. The number of rotatable bonds is 2. The van der Waals surface area contributed by atoms with Crippen LogP contribution in [-0.2, 0) is 0 Å². The lowest BCUT2D eigenvalue weighted by Crippen LogP contribution is -2.25. The molecule has 66 valence electrons. The second-order valence-electron chi connectivity index (χ2n) is 2.64. The Morgan fingerprint density at radius 1 is 1.33 bits per heavy atom. The molecular weight excluding hydrogens is 156 g/mol. The molecule has 0 bridgehead atoms. The summed E-state index contributed by atoms with van der Waals surface area (Å²) in [7, 11) is 0. The summed E-state index contributed by atoms with van der Waals surface area (Å²) in [5, 5.41) is 18.1. The summed E-state index contributed by atoms with van der Waals surface area (Å²) in [5.41, 5.74) is 3.36. The first-order valence-corrected chi connectivity index (χ1v) is 3.63. The normalized spacial score (nSPS) is 12.8. The first-order valence-electron chi connectivity index (χ1n) is 3.63. The Morgan fingerprint density at radius 2 is 2.00 bits per heavy atom. The van der Waals surface area contributed by atoms with Gasteiger partial charge in [-0.05, 0) is 24.6 Å². The third kappa shape index (κ3) is 1.66. The number of benzene rings is 1. The molecule has 0 amide bonds. The molecule has 0 radical (unpaired) electrons. The lowest BCUT2D eigenvalue weighted by molar-refractivity contribution is 0.402. The van der Waals surface area contributed by atoms with Gasteiger partial charge in [0.25, 0.3) is 0 Å². The molecular formula is C8H12N2O2. The van der Waals surface area contributed by atoms with Crippen LogP contribution in [-0.4, -0.2) is 10.2 Å². The van der Waals surface area contributed by atoms with E-state index in [2.05, 4.69) is 5.43 Å². The molecule has 1 atom stereocenters. The highest BCUT2D eigenvalue weighted by molar-refractivity contribution is 5.41. The van der Waals surface area contributed by atoms with E-state index in [1.807, 2.05) is 6.92 Å². The van der Waals surface area contributed by atoms with Gasteiger partial charge in [-0.2, -0.15) is 0 Å². The first-order chi connectivity index (χ1) is 5.65. The number of nitrogens with one attached hydrogen (secondary N) is 1. The van der Waals surface area contributed by atoms with Crippen molar-refractivity contribution in [2.24, 2.45) is 5.84 Å². The van der Waals surface area contributed by atoms with Crippen LogP contribution in [0.15, 0.2) is 18.2 Å². The number of phenols is 2. The largest absolute Gasteiger partial charge is 0.504 e. The van der Waals surface area contributed by atoms with Crippen molar-refractivity contribution in [1.29, 1.82) is 0 Å². The van der Waals surface area contributed by atoms with Gasteiger partial charge in [0.1, 0.15) is 0 Å². The van der Waals surface area contributed by atoms with Crippen molar-refractivity contribution in [2.45, 2.75) is 13.0 Å². The van der Waals surface area contributed by atoms with Crippen LogP contribution in [0.1, 0.15) is 18.5 Å². The van der Waals surface area contributed by atoms with Crippen LogP contribution in [0.3, 0.4) is 0 Å². The van der Waals surface area contributed by atoms with Gasteiger partial charge in [-0.25, -0.2) is 0 Å². The highest BCUT2D eigenvalue weighted by atomic mass is 16.3. The first kappa shape index (κ1) is 8.83. The Hall–Kier alpha value is -1.26. The van der Waals surface area contributed by atoms with Gasteiger partial charge in [-0.15, -0.1) is 0 Å². The summed E-state index contributed by atoms with van der Waals surface area (Å²) in [6, 6.07) is 4.55. The fraction of sp³-hybridized carbons (Fsp3) is 0.250. The summed E-state index contributed by atoms with van der Waals surface area (Å²) in [6.45, 7) is 1.85. The van der Waals surface area contributed by atoms with Crippen LogP contribution < -0.4 is 11.3 Å². The third-order valence-electron chi connectivity index (χ3n) is 1.75. The summed E-state index contributed by atoms with van der Waals surface area (Å²) < 4.78 is 0. The maximum Gasteiger partial charge on any atom is 0.157 e. The van der Waals surface area contributed by atoms with E-state index in [4.69, 9.17) is 16.1 Å². The SMILES string of the molecule is C[C@H](NN)c1ccc(O)c(O)c1. The van der Waals surface area contributed by atoms with Gasteiger partial charge in [-0.1, -0.05) is 6.07 Å². The van der Waals surface area contributed by atoms with E-state index in [9.17, 15) is 0 Å². The molecule has 1 aromatic carbocycles. The second kappa shape index (κ2) is 3.42. The molecule has 1 aromatic rings. The van der Waals surface area contributed by atoms with Crippen LogP contribution in [0, 0.1) is 0 Å². The Bertz CT molecular complexity index is 276. The summed E-state index contributed by atoms with van der Waals surface area (Å²) >= 11 is 0. The Labute approximate surface area is 70.6 Å². The minimum atomic E-state index is -0.130. The number of hydrazine groups is 1. The van der Waals surface area contributed by atoms with Gasteiger partial charge in [0.2, 0.25) is 0 Å². The van der Waals surface area contributed by atoms with Crippen LogP contribution in [0.25, 0.3) is 0 Å². The number of phenolic OH excluding ortho intramolecular Hbond substituents is 2. The van der Waals surface area contributed by atoms with E-state index in [1.54, 1.807) is 6.07 Å². The van der Waals surface area contributed by atoms with E-state index in [0.29, 0.717) is 0 Å². The predicted octanol–water partition coefficient (Wildman–Crippen LogP) is 0.622. The van der Waals surface area contributed by atoms with Gasteiger partial charge in [0.15, 0.2) is 11.5 Å². The van der Waals surface area contributed by atoms with Crippen molar-refractivity contribution in [3.05, 3.63) is 23.8 Å². The average Bonchev–Trinajstić information content (AvgIpc) is 2.08. The Morgan fingerprint density at radius 3 is 2.50 bits per heavy atom. The van der Waals surface area contributed by atoms with E-state index >= 15 is 0 Å². The molecule has 0 unspecified atom stereocenters. The highest BCUT2D eigenvalue weighted by Crippen LogP contribution is 2.27. The molecule has 5 N–H and O–H groups in total. The minimum absolute atomic E-state index is 0.0449. The van der Waals surface area contributed by atoms with Crippen LogP contribution in [0.4, 0.5) is 0 Å². The standard InChI is InChI=1S/C8H12N2O2/c1-5(10-9)6-2-3-7(11)8(12)4-6/h2-5,10-12H,9H2,1H3/t5-/m0/s1. The molecule has 4 heteroatoms. The monoisotopic (exact) mass is 168 g/mol. The number of nitrogens with two attached hydrogens (primary N) is 1. The van der Waals surface area contributed by atoms with Crippen LogP contribution >= 0.6 is 0 Å². The zero-order chi connectivity index (χ0) is 9.14. The van der Waals surface area contributed by atoms with Crippen LogP contribution in [0.5, 0.6) is 11.5 Å². The number of hydrogen-bond donors (Lipinski definition) is 4. The lowest BCUT2D eigenvalue weighted by atomic mass is 10.1. The molecule has 0 heterocycles. The molecule has 0 aromatic heterocycles. The molecule has 0 aliphatic rings. The van der Waals surface area contributed by atoms with Gasteiger partial charge in [0.05, 0.1) is 0 Å². The number of aromatic hydroxyl groups is 2. The fourth-order valence-electron chi connectivity index (χ4n) is 0.906. The van der Waals surface area contributed by atoms with Crippen molar-refractivity contribution >= 4 is 0 Å². The smallest absolute Gasteiger partial charge is 0.157 e. The van der Waals surface area contributed by atoms with E-state index in [0.717, 1.165) is 5.56 Å². The van der Waals surface area contributed by atoms with Crippen molar-refractivity contribution < 1.29 is 10.2 Å². The molecule has 4 nitrogen and oxygen atoms in total.